The Kier molecular flexibility index (Phi) is 5.56. The van der Waals surface area contributed by atoms with E-state index in [2.05, 4.69) is 5.32 Å². The highest BCUT2D eigenvalue weighted by Crippen LogP contribution is 2.53. The number of nitro groups is 1. The van der Waals surface area contributed by atoms with Crippen LogP contribution in [0, 0.1) is 27.9 Å². The number of aliphatic carboxylic acids is 1. The Balaban J connectivity index is 1.88. The Morgan fingerprint density at radius 3 is 2.62 bits per heavy atom. The molecule has 0 bridgehead atoms. The third-order valence-corrected chi connectivity index (χ3v) is 7.85. The number of hydrogen-bond donors (Lipinski definition) is 2. The smallest absolute Gasteiger partial charge is 0.325 e. The lowest BCUT2D eigenvalue weighted by Crippen LogP contribution is -2.59. The van der Waals surface area contributed by atoms with Gasteiger partial charge in [-0.05, 0) is 24.1 Å². The van der Waals surface area contributed by atoms with E-state index in [1.807, 2.05) is 6.92 Å². The fourth-order valence-electron chi connectivity index (χ4n) is 4.86. The maximum absolute atomic E-state index is 13.6. The van der Waals surface area contributed by atoms with Crippen LogP contribution in [0.1, 0.15) is 31.2 Å². The predicted octanol–water partition coefficient (Wildman–Crippen LogP) is 3.63. The van der Waals surface area contributed by atoms with E-state index in [1.165, 1.54) is 29.5 Å². The summed E-state index contributed by atoms with van der Waals surface area (Å²) >= 11 is 7.30. The van der Waals surface area contributed by atoms with Crippen LogP contribution >= 0.6 is 22.9 Å². The fraction of sp³-hybridized carbons (Fsp3) is 0.381. The molecule has 2 aliphatic heterocycles. The number of carboxylic acids is 1. The van der Waals surface area contributed by atoms with Gasteiger partial charge in [0.15, 0.2) is 0 Å². The molecule has 0 radical (unpaired) electrons. The lowest BCUT2D eigenvalue weighted by molar-refractivity contribution is -0.384. The minimum atomic E-state index is -1.68. The number of benzene rings is 1. The third kappa shape index (κ3) is 3.13. The number of anilines is 1. The van der Waals surface area contributed by atoms with Crippen molar-refractivity contribution in [3.8, 4) is 0 Å². The normalized spacial score (nSPS) is 28.1. The molecule has 2 aliphatic rings. The van der Waals surface area contributed by atoms with Crippen LogP contribution in [0.5, 0.6) is 0 Å². The van der Waals surface area contributed by atoms with Crippen molar-refractivity contribution in [3.63, 3.8) is 0 Å². The molecule has 3 heterocycles. The molecule has 1 aromatic heterocycles. The molecule has 2 fully saturated rings. The maximum atomic E-state index is 13.6. The molecule has 32 heavy (non-hydrogen) atoms. The standard InChI is InChI=1S/C21H20ClN3O6S/c1-3-10(2)21(20(28)29)16-15(17(23-21)13-7-8-14(22)32-13)18(26)24(19(16)27)11-5-4-6-12(9-11)25(30)31/h4-10,15-17,23H,3H2,1-2H3,(H,28,29). The number of thiophene rings is 1. The highest BCUT2D eigenvalue weighted by atomic mass is 35.5. The Hall–Kier alpha value is -2.82. The molecule has 2 aromatic rings. The minimum Gasteiger partial charge on any atom is -0.480 e. The van der Waals surface area contributed by atoms with E-state index in [9.17, 15) is 29.6 Å². The molecule has 11 heteroatoms. The van der Waals surface area contributed by atoms with Gasteiger partial charge in [0.2, 0.25) is 11.8 Å². The van der Waals surface area contributed by atoms with E-state index < -0.39 is 52.0 Å². The molecule has 9 nitrogen and oxygen atoms in total. The minimum absolute atomic E-state index is 0.0509. The number of carbonyl (C=O) groups excluding carboxylic acids is 2. The first-order valence-corrected chi connectivity index (χ1v) is 11.2. The number of hydrogen-bond acceptors (Lipinski definition) is 7. The average Bonchev–Trinajstić information content (AvgIpc) is 3.41. The molecule has 5 atom stereocenters. The van der Waals surface area contributed by atoms with Crippen molar-refractivity contribution in [1.29, 1.82) is 0 Å². The van der Waals surface area contributed by atoms with E-state index in [4.69, 9.17) is 11.6 Å². The summed E-state index contributed by atoms with van der Waals surface area (Å²) in [5.41, 5.74) is -1.90. The van der Waals surface area contributed by atoms with Gasteiger partial charge in [0, 0.05) is 17.0 Å². The van der Waals surface area contributed by atoms with Gasteiger partial charge in [0.25, 0.3) is 5.69 Å². The Labute approximate surface area is 192 Å². The molecule has 0 spiro atoms. The van der Waals surface area contributed by atoms with E-state index in [-0.39, 0.29) is 11.4 Å². The van der Waals surface area contributed by atoms with Crippen molar-refractivity contribution in [2.75, 3.05) is 4.90 Å². The first-order chi connectivity index (χ1) is 15.1. The van der Waals surface area contributed by atoms with Gasteiger partial charge in [-0.2, -0.15) is 0 Å². The summed E-state index contributed by atoms with van der Waals surface area (Å²) in [6.45, 7) is 3.55. The van der Waals surface area contributed by atoms with Crippen molar-refractivity contribution in [1.82, 2.24) is 5.32 Å². The highest BCUT2D eigenvalue weighted by molar-refractivity contribution is 7.16. The van der Waals surface area contributed by atoms with Gasteiger partial charge >= 0.3 is 5.97 Å². The third-order valence-electron chi connectivity index (χ3n) is 6.54. The number of nitrogens with one attached hydrogen (secondary N) is 1. The number of amides is 2. The number of fused-ring (bicyclic) bond motifs is 1. The van der Waals surface area contributed by atoms with Gasteiger partial charge in [0.05, 0.1) is 32.8 Å². The zero-order valence-corrected chi connectivity index (χ0v) is 18.7. The van der Waals surface area contributed by atoms with Crippen molar-refractivity contribution in [2.24, 2.45) is 17.8 Å². The molecule has 0 saturated carbocycles. The number of carbonyl (C=O) groups is 3. The fourth-order valence-corrected chi connectivity index (χ4v) is 6.02. The van der Waals surface area contributed by atoms with Crippen molar-refractivity contribution < 1.29 is 24.4 Å². The average molecular weight is 478 g/mol. The molecule has 2 amide bonds. The summed E-state index contributed by atoms with van der Waals surface area (Å²) in [5.74, 6) is -5.12. The van der Waals surface area contributed by atoms with E-state index in [0.717, 1.165) is 11.0 Å². The summed E-state index contributed by atoms with van der Waals surface area (Å²) in [7, 11) is 0. The van der Waals surface area contributed by atoms with E-state index >= 15 is 0 Å². The van der Waals surface area contributed by atoms with Crippen LogP contribution in [0.15, 0.2) is 36.4 Å². The monoisotopic (exact) mass is 477 g/mol. The van der Waals surface area contributed by atoms with Crippen LogP contribution in [-0.4, -0.2) is 33.4 Å². The van der Waals surface area contributed by atoms with Crippen LogP contribution < -0.4 is 10.2 Å². The topological polar surface area (TPSA) is 130 Å². The molecule has 168 valence electrons. The van der Waals surface area contributed by atoms with Crippen LogP contribution in [0.3, 0.4) is 0 Å². The van der Waals surface area contributed by atoms with E-state index in [1.54, 1.807) is 19.1 Å². The van der Waals surface area contributed by atoms with Gasteiger partial charge in [-0.15, -0.1) is 11.3 Å². The van der Waals surface area contributed by atoms with Gasteiger partial charge in [-0.25, -0.2) is 4.90 Å². The molecule has 2 saturated heterocycles. The second-order valence-electron chi connectivity index (χ2n) is 8.04. The predicted molar refractivity (Wildman–Crippen MR) is 118 cm³/mol. The molecule has 2 N–H and O–H groups in total. The number of carboxylic acid groups (broad SMARTS) is 1. The molecule has 0 aliphatic carbocycles. The second kappa shape index (κ2) is 7.95. The summed E-state index contributed by atoms with van der Waals surface area (Å²) < 4.78 is 0.474. The van der Waals surface area contributed by atoms with Gasteiger partial charge in [-0.3, -0.25) is 29.8 Å². The Bertz CT molecular complexity index is 1140. The zero-order valence-electron chi connectivity index (χ0n) is 17.1. The van der Waals surface area contributed by atoms with Gasteiger partial charge < -0.3 is 5.11 Å². The first-order valence-electron chi connectivity index (χ1n) is 10.0. The summed E-state index contributed by atoms with van der Waals surface area (Å²) in [5, 5.41) is 24.6. The van der Waals surface area contributed by atoms with Crippen molar-refractivity contribution >= 4 is 52.1 Å². The molecule has 1 aromatic carbocycles. The SMILES string of the molecule is CCC(C)C1(C(=O)O)NC(c2ccc(Cl)s2)C2C(=O)N(c3cccc([N+](=O)[O-])c3)C(=O)C21. The van der Waals surface area contributed by atoms with Crippen LogP contribution in [0.25, 0.3) is 0 Å². The van der Waals surface area contributed by atoms with Gasteiger partial charge in [0.1, 0.15) is 5.54 Å². The Morgan fingerprint density at radius 1 is 1.34 bits per heavy atom. The van der Waals surface area contributed by atoms with Crippen molar-refractivity contribution in [3.05, 3.63) is 55.7 Å². The maximum Gasteiger partial charge on any atom is 0.325 e. The first kappa shape index (κ1) is 22.4. The zero-order chi connectivity index (χ0) is 23.4. The number of nitrogens with zero attached hydrogens (tertiary/aromatic N) is 2. The van der Waals surface area contributed by atoms with Crippen molar-refractivity contribution in [2.45, 2.75) is 31.8 Å². The molecular weight excluding hydrogens is 458 g/mol. The quantitative estimate of drug-likeness (QED) is 0.369. The summed E-state index contributed by atoms with van der Waals surface area (Å²) in [6, 6.07) is 7.85. The largest absolute Gasteiger partial charge is 0.480 e. The number of halogens is 1. The van der Waals surface area contributed by atoms with Gasteiger partial charge in [-0.1, -0.05) is 37.9 Å². The van der Waals surface area contributed by atoms with Crippen LogP contribution in [-0.2, 0) is 14.4 Å². The number of non-ortho nitro benzene ring substituents is 1. The summed E-state index contributed by atoms with van der Waals surface area (Å²) in [6.07, 6.45) is 0.457. The lowest BCUT2D eigenvalue weighted by atomic mass is 9.72. The number of imide groups is 1. The summed E-state index contributed by atoms with van der Waals surface area (Å²) in [4.78, 5) is 51.9. The van der Waals surface area contributed by atoms with E-state index in [0.29, 0.717) is 15.6 Å². The van der Waals surface area contributed by atoms with Crippen LogP contribution in [0.2, 0.25) is 4.34 Å². The lowest BCUT2D eigenvalue weighted by Gasteiger charge is -2.35. The Morgan fingerprint density at radius 2 is 2.06 bits per heavy atom. The van der Waals surface area contributed by atoms with Crippen LogP contribution in [0.4, 0.5) is 11.4 Å². The second-order valence-corrected chi connectivity index (χ2v) is 9.79. The number of rotatable bonds is 6. The molecule has 4 rings (SSSR count). The molecule has 5 unspecified atom stereocenters. The molecular formula is C21H20ClN3O6S. The number of nitro benzene ring substituents is 1. The highest BCUT2D eigenvalue weighted by Gasteiger charge is 2.70.